The van der Waals surface area contributed by atoms with Crippen LogP contribution in [0.4, 0.5) is 0 Å². The summed E-state index contributed by atoms with van der Waals surface area (Å²) in [6.45, 7) is 0. The second-order valence-electron chi connectivity index (χ2n) is 4.38. The molecule has 0 amide bonds. The second-order valence-corrected chi connectivity index (χ2v) is 5.79. The summed E-state index contributed by atoms with van der Waals surface area (Å²) in [7, 11) is 1.70. The fourth-order valence-corrected chi connectivity index (χ4v) is 3.57. The van der Waals surface area contributed by atoms with Crippen LogP contribution < -0.4 is 4.74 Å². The van der Waals surface area contributed by atoms with Gasteiger partial charge >= 0.3 is 0 Å². The Morgan fingerprint density at radius 2 is 2.47 bits per heavy atom. The van der Waals surface area contributed by atoms with Crippen LogP contribution in [0.2, 0.25) is 0 Å². The first-order valence-electron chi connectivity index (χ1n) is 5.98. The van der Waals surface area contributed by atoms with Crippen LogP contribution in [-0.2, 0) is 6.42 Å². The molecule has 1 fully saturated rings. The largest absolute Gasteiger partial charge is 0.495 e. The maximum Gasteiger partial charge on any atom is 0.135 e. The predicted molar refractivity (Wildman–Crippen MR) is 70.9 cm³/mol. The maximum atomic E-state index is 5.26. The van der Waals surface area contributed by atoms with Gasteiger partial charge in [0.1, 0.15) is 11.6 Å². The molecule has 3 heterocycles. The van der Waals surface area contributed by atoms with Gasteiger partial charge in [-0.15, -0.1) is 0 Å². The van der Waals surface area contributed by atoms with E-state index in [0.717, 1.165) is 28.8 Å². The Kier molecular flexibility index (Phi) is 2.97. The Bertz CT molecular complexity index is 517. The van der Waals surface area contributed by atoms with Gasteiger partial charge in [0.05, 0.1) is 25.0 Å². The minimum atomic E-state index is 0.742. The number of imidazole rings is 1. The first kappa shape index (κ1) is 11.0. The second kappa shape index (κ2) is 4.61. The number of methoxy groups -OCH3 is 1. The molecule has 1 aliphatic heterocycles. The van der Waals surface area contributed by atoms with E-state index in [1.807, 2.05) is 18.5 Å². The van der Waals surface area contributed by atoms with Crippen molar-refractivity contribution in [2.75, 3.05) is 12.9 Å². The molecule has 0 aromatic carbocycles. The summed E-state index contributed by atoms with van der Waals surface area (Å²) in [4.78, 5) is 4.53. The zero-order chi connectivity index (χ0) is 11.7. The number of nitrogens with zero attached hydrogens (tertiary/aromatic N) is 2. The van der Waals surface area contributed by atoms with Crippen molar-refractivity contribution in [1.82, 2.24) is 9.38 Å². The minimum Gasteiger partial charge on any atom is -0.495 e. The van der Waals surface area contributed by atoms with E-state index in [-0.39, 0.29) is 0 Å². The molecule has 3 rings (SSSR count). The third-order valence-electron chi connectivity index (χ3n) is 3.25. The fraction of sp³-hybridized carbons (Fsp3) is 0.462. The van der Waals surface area contributed by atoms with E-state index in [1.165, 1.54) is 18.6 Å². The van der Waals surface area contributed by atoms with Gasteiger partial charge < -0.3 is 4.74 Å². The Labute approximate surface area is 105 Å². The highest BCUT2D eigenvalue weighted by Crippen LogP contribution is 2.29. The molecule has 17 heavy (non-hydrogen) atoms. The topological polar surface area (TPSA) is 26.5 Å². The summed E-state index contributed by atoms with van der Waals surface area (Å²) in [6, 6.07) is 4.03. The van der Waals surface area contributed by atoms with Crippen molar-refractivity contribution in [1.29, 1.82) is 0 Å². The molecule has 0 bridgehead atoms. The quantitative estimate of drug-likeness (QED) is 0.835. The van der Waals surface area contributed by atoms with E-state index in [9.17, 15) is 0 Å². The van der Waals surface area contributed by atoms with Crippen LogP contribution in [0.15, 0.2) is 24.5 Å². The number of hydrogen-bond donors (Lipinski definition) is 0. The monoisotopic (exact) mass is 248 g/mol. The van der Waals surface area contributed by atoms with Gasteiger partial charge in [0.25, 0.3) is 0 Å². The molecule has 90 valence electrons. The number of pyridine rings is 1. The fourth-order valence-electron chi connectivity index (χ4n) is 2.30. The van der Waals surface area contributed by atoms with Gasteiger partial charge in [0.15, 0.2) is 0 Å². The first-order chi connectivity index (χ1) is 8.36. The molecule has 0 spiro atoms. The molecule has 2 aromatic rings. The average Bonchev–Trinajstić information content (AvgIpc) is 2.99. The number of fused-ring (bicyclic) bond motifs is 1. The Hall–Kier alpha value is -1.16. The van der Waals surface area contributed by atoms with Crippen molar-refractivity contribution in [3.05, 3.63) is 30.4 Å². The lowest BCUT2D eigenvalue weighted by Gasteiger charge is -2.08. The van der Waals surface area contributed by atoms with Gasteiger partial charge in [-0.1, -0.05) is 0 Å². The molecule has 0 N–H and O–H groups in total. The van der Waals surface area contributed by atoms with Crippen LogP contribution in [0.25, 0.3) is 5.52 Å². The van der Waals surface area contributed by atoms with Crippen LogP contribution in [0.5, 0.6) is 5.75 Å². The summed E-state index contributed by atoms with van der Waals surface area (Å²) in [5, 5.41) is 0.742. The molecule has 1 atom stereocenters. The molecule has 3 nitrogen and oxygen atoms in total. The van der Waals surface area contributed by atoms with Crippen LogP contribution in [0.1, 0.15) is 18.7 Å². The summed E-state index contributed by atoms with van der Waals surface area (Å²) < 4.78 is 7.41. The lowest BCUT2D eigenvalue weighted by atomic mass is 10.2. The summed E-state index contributed by atoms with van der Waals surface area (Å²) in [6.07, 6.45) is 7.70. The molecule has 0 saturated carbocycles. The average molecular weight is 248 g/mol. The van der Waals surface area contributed by atoms with E-state index in [2.05, 4.69) is 27.2 Å². The lowest BCUT2D eigenvalue weighted by molar-refractivity contribution is 0.412. The summed E-state index contributed by atoms with van der Waals surface area (Å²) >= 11 is 2.07. The van der Waals surface area contributed by atoms with Crippen molar-refractivity contribution in [3.8, 4) is 5.75 Å². The highest BCUT2D eigenvalue weighted by atomic mass is 32.2. The van der Waals surface area contributed by atoms with Gasteiger partial charge in [-0.05, 0) is 30.7 Å². The first-order valence-corrected chi connectivity index (χ1v) is 7.03. The molecule has 0 aliphatic carbocycles. The SMILES string of the molecule is COc1ccc2cnc(CC3CCCS3)n2c1. The third-order valence-corrected chi connectivity index (χ3v) is 4.64. The van der Waals surface area contributed by atoms with E-state index >= 15 is 0 Å². The van der Waals surface area contributed by atoms with Crippen molar-refractivity contribution >= 4 is 17.3 Å². The molecule has 0 radical (unpaired) electrons. The maximum absolute atomic E-state index is 5.26. The Balaban J connectivity index is 1.92. The third kappa shape index (κ3) is 2.14. The van der Waals surface area contributed by atoms with Crippen LogP contribution >= 0.6 is 11.8 Å². The zero-order valence-corrected chi connectivity index (χ0v) is 10.7. The normalized spacial score (nSPS) is 19.9. The summed E-state index contributed by atoms with van der Waals surface area (Å²) in [5.74, 6) is 3.34. The number of thioether (sulfide) groups is 1. The van der Waals surface area contributed by atoms with Crippen molar-refractivity contribution in [2.24, 2.45) is 0 Å². The number of rotatable bonds is 3. The molecule has 1 aliphatic rings. The molecule has 4 heteroatoms. The molecule has 1 saturated heterocycles. The van der Waals surface area contributed by atoms with Crippen molar-refractivity contribution in [3.63, 3.8) is 0 Å². The lowest BCUT2D eigenvalue weighted by Crippen LogP contribution is -2.06. The van der Waals surface area contributed by atoms with Crippen molar-refractivity contribution < 1.29 is 4.74 Å². The van der Waals surface area contributed by atoms with E-state index < -0.39 is 0 Å². The van der Waals surface area contributed by atoms with E-state index in [4.69, 9.17) is 4.74 Å². The molecule has 1 unspecified atom stereocenters. The number of ether oxygens (including phenoxy) is 1. The standard InChI is InChI=1S/C13H16N2OS/c1-16-11-5-4-10-8-14-13(15(10)9-11)7-12-3-2-6-17-12/h4-5,8-9,12H,2-3,6-7H2,1H3. The smallest absolute Gasteiger partial charge is 0.135 e. The predicted octanol–water partition coefficient (Wildman–Crippen LogP) is 2.78. The van der Waals surface area contributed by atoms with Gasteiger partial charge in [0, 0.05) is 11.7 Å². The zero-order valence-electron chi connectivity index (χ0n) is 9.93. The van der Waals surface area contributed by atoms with Gasteiger partial charge in [-0.2, -0.15) is 11.8 Å². The highest BCUT2D eigenvalue weighted by molar-refractivity contribution is 8.00. The van der Waals surface area contributed by atoms with Gasteiger partial charge in [-0.3, -0.25) is 4.40 Å². The molecular formula is C13H16N2OS. The number of aromatic nitrogens is 2. The van der Waals surface area contributed by atoms with Gasteiger partial charge in [-0.25, -0.2) is 4.98 Å². The van der Waals surface area contributed by atoms with E-state index in [1.54, 1.807) is 7.11 Å². The molecule has 2 aromatic heterocycles. The Morgan fingerprint density at radius 1 is 1.53 bits per heavy atom. The van der Waals surface area contributed by atoms with Crippen molar-refractivity contribution in [2.45, 2.75) is 24.5 Å². The van der Waals surface area contributed by atoms with E-state index in [0.29, 0.717) is 0 Å². The highest BCUT2D eigenvalue weighted by Gasteiger charge is 2.18. The molecular weight excluding hydrogens is 232 g/mol. The Morgan fingerprint density at radius 3 is 3.24 bits per heavy atom. The number of hydrogen-bond acceptors (Lipinski definition) is 3. The van der Waals surface area contributed by atoms with Gasteiger partial charge in [0.2, 0.25) is 0 Å². The van der Waals surface area contributed by atoms with Crippen LogP contribution in [0.3, 0.4) is 0 Å². The van der Waals surface area contributed by atoms with Crippen LogP contribution in [-0.4, -0.2) is 27.5 Å². The van der Waals surface area contributed by atoms with Crippen LogP contribution in [0, 0.1) is 0 Å². The summed E-state index contributed by atoms with van der Waals surface area (Å²) in [5.41, 5.74) is 1.14. The minimum absolute atomic E-state index is 0.742.